The number of nitrogens with zero attached hydrogens (tertiary/aromatic N) is 4. The Labute approximate surface area is 143 Å². The van der Waals surface area contributed by atoms with E-state index in [0.29, 0.717) is 16.9 Å². The second kappa shape index (κ2) is 6.91. The van der Waals surface area contributed by atoms with E-state index in [2.05, 4.69) is 15.4 Å². The van der Waals surface area contributed by atoms with Gasteiger partial charge in [-0.25, -0.2) is 9.67 Å². The lowest BCUT2D eigenvalue weighted by atomic mass is 10.1. The van der Waals surface area contributed by atoms with Crippen LogP contribution in [0.2, 0.25) is 0 Å². The van der Waals surface area contributed by atoms with Crippen LogP contribution < -0.4 is 5.32 Å². The lowest BCUT2D eigenvalue weighted by molar-refractivity contribution is -0.385. The summed E-state index contributed by atoms with van der Waals surface area (Å²) < 4.78 is 1.62. The molecule has 2 aromatic heterocycles. The van der Waals surface area contributed by atoms with Crippen LogP contribution in [0.4, 0.5) is 5.69 Å². The molecule has 1 amide bonds. The van der Waals surface area contributed by atoms with Crippen LogP contribution >= 0.6 is 0 Å². The molecule has 0 atom stereocenters. The smallest absolute Gasteiger partial charge is 0.272 e. The molecule has 0 aliphatic carbocycles. The number of pyridine rings is 1. The third-order valence-electron chi connectivity index (χ3n) is 3.68. The maximum Gasteiger partial charge on any atom is 0.272 e. The van der Waals surface area contributed by atoms with Crippen molar-refractivity contribution in [2.24, 2.45) is 0 Å². The molecule has 8 heteroatoms. The van der Waals surface area contributed by atoms with Crippen LogP contribution in [0.1, 0.15) is 21.5 Å². The van der Waals surface area contributed by atoms with Gasteiger partial charge in [0.1, 0.15) is 0 Å². The van der Waals surface area contributed by atoms with Crippen LogP contribution in [-0.4, -0.2) is 25.6 Å². The molecule has 0 unspecified atom stereocenters. The maximum atomic E-state index is 12.3. The van der Waals surface area contributed by atoms with E-state index in [-0.39, 0.29) is 18.1 Å². The van der Waals surface area contributed by atoms with Crippen LogP contribution in [0.25, 0.3) is 5.82 Å². The van der Waals surface area contributed by atoms with Gasteiger partial charge >= 0.3 is 0 Å². The van der Waals surface area contributed by atoms with Gasteiger partial charge in [-0.1, -0.05) is 6.07 Å². The van der Waals surface area contributed by atoms with Gasteiger partial charge in [-0.2, -0.15) is 5.10 Å². The first kappa shape index (κ1) is 16.3. The summed E-state index contributed by atoms with van der Waals surface area (Å²) in [7, 11) is 0. The molecule has 0 saturated heterocycles. The van der Waals surface area contributed by atoms with Crippen molar-refractivity contribution in [2.75, 3.05) is 0 Å². The first-order chi connectivity index (χ1) is 12.1. The molecule has 3 aromatic rings. The molecular weight excluding hydrogens is 322 g/mol. The summed E-state index contributed by atoms with van der Waals surface area (Å²) in [6.07, 6.45) is 5.08. The Bertz CT molecular complexity index is 922. The number of nitro benzene ring substituents is 1. The van der Waals surface area contributed by atoms with Gasteiger partial charge in [-0.15, -0.1) is 0 Å². The Balaban J connectivity index is 1.75. The molecule has 0 radical (unpaired) electrons. The molecule has 0 saturated carbocycles. The van der Waals surface area contributed by atoms with Crippen molar-refractivity contribution in [3.8, 4) is 5.82 Å². The first-order valence-corrected chi connectivity index (χ1v) is 7.53. The first-order valence-electron chi connectivity index (χ1n) is 7.53. The fourth-order valence-corrected chi connectivity index (χ4v) is 2.45. The molecule has 0 bridgehead atoms. The third kappa shape index (κ3) is 3.52. The molecule has 0 fully saturated rings. The summed E-state index contributed by atoms with van der Waals surface area (Å²) in [6.45, 7) is 1.86. The van der Waals surface area contributed by atoms with E-state index < -0.39 is 4.92 Å². The van der Waals surface area contributed by atoms with E-state index in [1.54, 1.807) is 42.3 Å². The second-order valence-electron chi connectivity index (χ2n) is 5.38. The zero-order valence-electron chi connectivity index (χ0n) is 13.4. The number of aryl methyl sites for hydroxylation is 1. The van der Waals surface area contributed by atoms with Gasteiger partial charge in [-0.05, 0) is 31.2 Å². The second-order valence-corrected chi connectivity index (χ2v) is 5.38. The molecule has 0 aliphatic heterocycles. The molecule has 126 valence electrons. The number of carbonyl (C=O) groups is 1. The highest BCUT2D eigenvalue weighted by molar-refractivity contribution is 5.94. The van der Waals surface area contributed by atoms with Gasteiger partial charge in [-0.3, -0.25) is 14.9 Å². The highest BCUT2D eigenvalue weighted by Crippen LogP contribution is 2.19. The molecule has 0 spiro atoms. The molecule has 25 heavy (non-hydrogen) atoms. The molecule has 3 rings (SSSR count). The van der Waals surface area contributed by atoms with E-state index in [1.165, 1.54) is 18.2 Å². The van der Waals surface area contributed by atoms with E-state index in [9.17, 15) is 14.9 Å². The average molecular weight is 337 g/mol. The summed E-state index contributed by atoms with van der Waals surface area (Å²) in [6, 6.07) is 9.71. The number of aromatic nitrogens is 3. The SMILES string of the molecule is Cc1cc(C(=O)NCc2cccnc2-n2cccn2)ccc1[N+](=O)[O-]. The standard InChI is InChI=1S/C17H15N5O3/c1-12-10-13(5-6-15(12)22(24)25)17(23)19-11-14-4-2-7-18-16(14)21-9-3-8-20-21/h2-10H,11H2,1H3,(H,19,23). The predicted molar refractivity (Wildman–Crippen MR) is 90.4 cm³/mol. The van der Waals surface area contributed by atoms with Crippen molar-refractivity contribution in [1.82, 2.24) is 20.1 Å². The van der Waals surface area contributed by atoms with Gasteiger partial charge in [0.15, 0.2) is 5.82 Å². The van der Waals surface area contributed by atoms with Crippen molar-refractivity contribution in [2.45, 2.75) is 13.5 Å². The Morgan fingerprint density at radius 1 is 1.28 bits per heavy atom. The molecule has 8 nitrogen and oxygen atoms in total. The minimum Gasteiger partial charge on any atom is -0.348 e. The van der Waals surface area contributed by atoms with E-state index >= 15 is 0 Å². The molecule has 1 aromatic carbocycles. The maximum absolute atomic E-state index is 12.3. The minimum absolute atomic E-state index is 0.00947. The van der Waals surface area contributed by atoms with Gasteiger partial charge in [0.25, 0.3) is 11.6 Å². The fraction of sp³-hybridized carbons (Fsp3) is 0.118. The van der Waals surface area contributed by atoms with Crippen LogP contribution in [-0.2, 0) is 6.54 Å². The fourth-order valence-electron chi connectivity index (χ4n) is 2.45. The quantitative estimate of drug-likeness (QED) is 0.569. The predicted octanol–water partition coefficient (Wildman–Crippen LogP) is 2.41. The van der Waals surface area contributed by atoms with Crippen molar-refractivity contribution < 1.29 is 9.72 Å². The third-order valence-corrected chi connectivity index (χ3v) is 3.68. The summed E-state index contributed by atoms with van der Waals surface area (Å²) >= 11 is 0. The van der Waals surface area contributed by atoms with E-state index in [4.69, 9.17) is 0 Å². The highest BCUT2D eigenvalue weighted by atomic mass is 16.6. The Morgan fingerprint density at radius 3 is 2.80 bits per heavy atom. The molecule has 1 N–H and O–H groups in total. The summed E-state index contributed by atoms with van der Waals surface area (Å²) in [5, 5.41) is 17.8. The molecular formula is C17H15N5O3. The lowest BCUT2D eigenvalue weighted by Crippen LogP contribution is -2.24. The zero-order chi connectivity index (χ0) is 17.8. The molecule has 2 heterocycles. The van der Waals surface area contributed by atoms with E-state index in [1.807, 2.05) is 6.07 Å². The van der Waals surface area contributed by atoms with Gasteiger partial charge < -0.3 is 5.32 Å². The average Bonchev–Trinajstić information content (AvgIpc) is 3.14. The van der Waals surface area contributed by atoms with Crippen LogP contribution in [0.5, 0.6) is 0 Å². The Morgan fingerprint density at radius 2 is 2.12 bits per heavy atom. The summed E-state index contributed by atoms with van der Waals surface area (Å²) in [5.74, 6) is 0.320. The number of amides is 1. The molecule has 0 aliphatic rings. The number of nitrogens with one attached hydrogen (secondary N) is 1. The van der Waals surface area contributed by atoms with Crippen molar-refractivity contribution in [3.63, 3.8) is 0 Å². The van der Waals surface area contributed by atoms with Crippen LogP contribution in [0, 0.1) is 17.0 Å². The highest BCUT2D eigenvalue weighted by Gasteiger charge is 2.14. The number of carbonyl (C=O) groups excluding carboxylic acids is 1. The van der Waals surface area contributed by atoms with Gasteiger partial charge in [0, 0.05) is 47.9 Å². The number of benzene rings is 1. The lowest BCUT2D eigenvalue weighted by Gasteiger charge is -2.10. The van der Waals surface area contributed by atoms with Crippen molar-refractivity contribution in [1.29, 1.82) is 0 Å². The minimum atomic E-state index is -0.469. The number of hydrogen-bond donors (Lipinski definition) is 1. The van der Waals surface area contributed by atoms with E-state index in [0.717, 1.165) is 5.56 Å². The van der Waals surface area contributed by atoms with Crippen LogP contribution in [0.15, 0.2) is 55.0 Å². The number of nitro groups is 1. The number of rotatable bonds is 5. The summed E-state index contributed by atoms with van der Waals surface area (Å²) in [5.41, 5.74) is 1.60. The normalized spacial score (nSPS) is 10.4. The van der Waals surface area contributed by atoms with Crippen molar-refractivity contribution in [3.05, 3.63) is 81.8 Å². The number of hydrogen-bond acceptors (Lipinski definition) is 5. The van der Waals surface area contributed by atoms with Gasteiger partial charge in [0.2, 0.25) is 0 Å². The Hall–Kier alpha value is -3.55. The largest absolute Gasteiger partial charge is 0.348 e. The van der Waals surface area contributed by atoms with Crippen LogP contribution in [0.3, 0.4) is 0 Å². The zero-order valence-corrected chi connectivity index (χ0v) is 13.4. The Kier molecular flexibility index (Phi) is 4.51. The van der Waals surface area contributed by atoms with Crippen molar-refractivity contribution >= 4 is 11.6 Å². The van der Waals surface area contributed by atoms with Gasteiger partial charge in [0.05, 0.1) is 4.92 Å². The summed E-state index contributed by atoms with van der Waals surface area (Å²) in [4.78, 5) is 27.0. The monoisotopic (exact) mass is 337 g/mol. The topological polar surface area (TPSA) is 103 Å².